The lowest BCUT2D eigenvalue weighted by molar-refractivity contribution is 0.221. The molecule has 1 aromatic carbocycles. The van der Waals surface area contributed by atoms with Crippen LogP contribution in [0, 0.1) is 4.78 Å². The zero-order valence-electron chi connectivity index (χ0n) is 14.9. The highest BCUT2D eigenvalue weighted by Gasteiger charge is 2.21. The van der Waals surface area contributed by atoms with E-state index in [9.17, 15) is 4.21 Å². The molecule has 26 heavy (non-hydrogen) atoms. The standard InChI is InChI=1S/C19H22N4OS2/c1-13(14-3-4-19-18(10-14)22-12-25-19)23-7-5-15-9-16(26(2,20)24)11-21-17(15)6-8-23/h3-4,9-13,20H,5-8H2,1-2H3/t13-,26+/m1/s1. The van der Waals surface area contributed by atoms with Crippen LogP contribution < -0.4 is 0 Å². The van der Waals surface area contributed by atoms with Crippen LogP contribution in [-0.4, -0.2) is 38.4 Å². The van der Waals surface area contributed by atoms with E-state index < -0.39 is 9.73 Å². The van der Waals surface area contributed by atoms with Crippen LogP contribution >= 0.6 is 11.3 Å². The van der Waals surface area contributed by atoms with Crippen molar-refractivity contribution in [2.45, 2.75) is 30.7 Å². The SMILES string of the molecule is C[C@H](c1ccc2scnc2c1)N1CCc2cc([S@@](C)(=N)=O)cnc2CC1. The summed E-state index contributed by atoms with van der Waals surface area (Å²) in [6.07, 6.45) is 4.82. The maximum Gasteiger partial charge on any atom is 0.0815 e. The fourth-order valence-electron chi connectivity index (χ4n) is 3.53. The first kappa shape index (κ1) is 17.6. The van der Waals surface area contributed by atoms with Gasteiger partial charge in [-0.2, -0.15) is 0 Å². The van der Waals surface area contributed by atoms with Gasteiger partial charge in [0.1, 0.15) is 0 Å². The molecule has 0 fully saturated rings. The van der Waals surface area contributed by atoms with E-state index in [0.29, 0.717) is 10.9 Å². The van der Waals surface area contributed by atoms with Gasteiger partial charge in [-0.25, -0.2) is 14.0 Å². The fraction of sp³-hybridized carbons (Fsp3) is 0.368. The van der Waals surface area contributed by atoms with E-state index in [-0.39, 0.29) is 0 Å². The maximum atomic E-state index is 12.0. The second-order valence-corrected chi connectivity index (χ2v) is 9.96. The number of aromatic nitrogens is 2. The zero-order chi connectivity index (χ0) is 18.3. The first-order valence-corrected chi connectivity index (χ1v) is 11.6. The van der Waals surface area contributed by atoms with Gasteiger partial charge in [0.05, 0.1) is 30.4 Å². The predicted molar refractivity (Wildman–Crippen MR) is 106 cm³/mol. The van der Waals surface area contributed by atoms with E-state index in [0.717, 1.165) is 42.7 Å². The first-order valence-electron chi connectivity index (χ1n) is 8.70. The molecule has 5 nitrogen and oxygen atoms in total. The Morgan fingerprint density at radius 2 is 2.04 bits per heavy atom. The lowest BCUT2D eigenvalue weighted by Gasteiger charge is -2.27. The fourth-order valence-corrected chi connectivity index (χ4v) is 4.81. The van der Waals surface area contributed by atoms with Crippen LogP contribution in [0.1, 0.15) is 29.8 Å². The summed E-state index contributed by atoms with van der Waals surface area (Å²) in [4.78, 5) is 12.0. The molecule has 1 aliphatic heterocycles. The van der Waals surface area contributed by atoms with Gasteiger partial charge >= 0.3 is 0 Å². The molecule has 4 rings (SSSR count). The number of fused-ring (bicyclic) bond motifs is 2. The largest absolute Gasteiger partial charge is 0.296 e. The molecule has 3 heterocycles. The van der Waals surface area contributed by atoms with Gasteiger partial charge in [0.25, 0.3) is 0 Å². The average Bonchev–Trinajstić information content (AvgIpc) is 2.98. The smallest absolute Gasteiger partial charge is 0.0815 e. The van der Waals surface area contributed by atoms with Crippen molar-refractivity contribution in [1.29, 1.82) is 4.78 Å². The van der Waals surface area contributed by atoms with Crippen molar-refractivity contribution in [1.82, 2.24) is 14.9 Å². The zero-order valence-corrected chi connectivity index (χ0v) is 16.6. The second-order valence-electron chi connectivity index (χ2n) is 6.91. The molecule has 0 bridgehead atoms. The average molecular weight is 387 g/mol. The Kier molecular flexibility index (Phi) is 4.54. The normalized spacial score (nSPS) is 18.8. The Bertz CT molecular complexity index is 1060. The first-order chi connectivity index (χ1) is 12.4. The van der Waals surface area contributed by atoms with E-state index in [1.165, 1.54) is 16.5 Å². The minimum absolute atomic E-state index is 0.307. The molecule has 0 amide bonds. The second kappa shape index (κ2) is 6.72. The molecule has 1 N–H and O–H groups in total. The molecule has 2 aromatic heterocycles. The van der Waals surface area contributed by atoms with Gasteiger partial charge in [-0.05, 0) is 42.7 Å². The number of rotatable bonds is 3. The maximum absolute atomic E-state index is 12.0. The third-order valence-electron chi connectivity index (χ3n) is 5.17. The molecule has 1 aliphatic rings. The van der Waals surface area contributed by atoms with Gasteiger partial charge in [-0.1, -0.05) is 6.07 Å². The van der Waals surface area contributed by atoms with Crippen LogP contribution in [0.3, 0.4) is 0 Å². The summed E-state index contributed by atoms with van der Waals surface area (Å²) in [5.74, 6) is 0. The third-order valence-corrected chi connectivity index (χ3v) is 7.11. The number of pyridine rings is 1. The number of hydrogen-bond donors (Lipinski definition) is 1. The van der Waals surface area contributed by atoms with Crippen molar-refractivity contribution in [3.8, 4) is 0 Å². The van der Waals surface area contributed by atoms with E-state index in [1.54, 1.807) is 17.5 Å². The van der Waals surface area contributed by atoms with Crippen molar-refractivity contribution >= 4 is 31.3 Å². The summed E-state index contributed by atoms with van der Waals surface area (Å²) >= 11 is 1.67. The van der Waals surface area contributed by atoms with Crippen LogP contribution in [0.5, 0.6) is 0 Å². The highest BCUT2D eigenvalue weighted by atomic mass is 32.2. The molecule has 3 aromatic rings. The lowest BCUT2D eigenvalue weighted by atomic mass is 10.1. The summed E-state index contributed by atoms with van der Waals surface area (Å²) in [6.45, 7) is 4.11. The van der Waals surface area contributed by atoms with Crippen molar-refractivity contribution < 1.29 is 4.21 Å². The minimum Gasteiger partial charge on any atom is -0.296 e. The van der Waals surface area contributed by atoms with Gasteiger partial charge in [-0.3, -0.25) is 9.88 Å². The molecule has 0 aliphatic carbocycles. The van der Waals surface area contributed by atoms with Gasteiger partial charge in [0.2, 0.25) is 0 Å². The number of thiazole rings is 1. The van der Waals surface area contributed by atoms with Crippen LogP contribution in [0.4, 0.5) is 0 Å². The minimum atomic E-state index is -2.72. The molecule has 2 atom stereocenters. The molecule has 0 saturated carbocycles. The van der Waals surface area contributed by atoms with Gasteiger partial charge in [0.15, 0.2) is 0 Å². The number of hydrogen-bond acceptors (Lipinski definition) is 6. The van der Waals surface area contributed by atoms with Gasteiger partial charge in [-0.15, -0.1) is 11.3 Å². The van der Waals surface area contributed by atoms with Crippen LogP contribution in [0.2, 0.25) is 0 Å². The monoisotopic (exact) mass is 386 g/mol. The lowest BCUT2D eigenvalue weighted by Crippen LogP contribution is -2.29. The summed E-state index contributed by atoms with van der Waals surface area (Å²) in [7, 11) is -2.72. The number of nitrogens with zero attached hydrogens (tertiary/aromatic N) is 3. The molecule has 0 radical (unpaired) electrons. The highest BCUT2D eigenvalue weighted by molar-refractivity contribution is 7.91. The summed E-state index contributed by atoms with van der Waals surface area (Å²) in [5, 5.41) is 0. The molecule has 0 spiro atoms. The number of benzene rings is 1. The van der Waals surface area contributed by atoms with E-state index in [4.69, 9.17) is 4.78 Å². The summed E-state index contributed by atoms with van der Waals surface area (Å²) in [5.41, 5.74) is 6.45. The topological polar surface area (TPSA) is 69.9 Å². The molecule has 0 saturated heterocycles. The van der Waals surface area contributed by atoms with Crippen molar-refractivity contribution in [2.75, 3.05) is 19.3 Å². The Morgan fingerprint density at radius 3 is 2.85 bits per heavy atom. The van der Waals surface area contributed by atoms with E-state index >= 15 is 0 Å². The summed E-state index contributed by atoms with van der Waals surface area (Å²) in [6, 6.07) is 8.78. The predicted octanol–water partition coefficient (Wildman–Crippen LogP) is 3.89. The quantitative estimate of drug-likeness (QED) is 0.741. The Labute approximate surface area is 158 Å². The van der Waals surface area contributed by atoms with Crippen molar-refractivity contribution in [3.63, 3.8) is 0 Å². The van der Waals surface area contributed by atoms with Crippen LogP contribution in [0.25, 0.3) is 10.2 Å². The molecule has 136 valence electrons. The highest BCUT2D eigenvalue weighted by Crippen LogP contribution is 2.28. The molecular formula is C19H22N4OS2. The van der Waals surface area contributed by atoms with Crippen molar-refractivity contribution in [2.24, 2.45) is 0 Å². The Balaban J connectivity index is 1.56. The Hall–Kier alpha value is -1.83. The molecule has 7 heteroatoms. The molecular weight excluding hydrogens is 364 g/mol. The third kappa shape index (κ3) is 3.39. The van der Waals surface area contributed by atoms with E-state index in [2.05, 4.69) is 40.0 Å². The Morgan fingerprint density at radius 1 is 1.23 bits per heavy atom. The summed E-state index contributed by atoms with van der Waals surface area (Å²) < 4.78 is 21.0. The van der Waals surface area contributed by atoms with Gasteiger partial charge < -0.3 is 0 Å². The van der Waals surface area contributed by atoms with Crippen LogP contribution in [0.15, 0.2) is 40.9 Å². The van der Waals surface area contributed by atoms with Crippen LogP contribution in [-0.2, 0) is 22.6 Å². The molecule has 0 unspecified atom stereocenters. The van der Waals surface area contributed by atoms with E-state index in [1.807, 2.05) is 11.6 Å². The van der Waals surface area contributed by atoms with Gasteiger partial charge in [0, 0.05) is 43.7 Å². The number of nitrogens with one attached hydrogen (secondary N) is 1. The van der Waals surface area contributed by atoms with Crippen molar-refractivity contribution in [3.05, 3.63) is 52.8 Å².